The largest absolute Gasteiger partial charge is 0.481 e. The van der Waals surface area contributed by atoms with E-state index < -0.39 is 5.97 Å². The van der Waals surface area contributed by atoms with Crippen LogP contribution in [0.4, 0.5) is 4.79 Å². The topological polar surface area (TPSA) is 82.5 Å². The number of rotatable bonds is 6. The summed E-state index contributed by atoms with van der Waals surface area (Å²) in [4.78, 5) is 27.6. The predicted octanol–water partition coefficient (Wildman–Crippen LogP) is 1.11. The summed E-state index contributed by atoms with van der Waals surface area (Å²) >= 11 is 1.57. The number of carboxylic acid groups (broad SMARTS) is 1. The van der Waals surface area contributed by atoms with Crippen molar-refractivity contribution in [1.82, 2.24) is 15.2 Å². The van der Waals surface area contributed by atoms with E-state index in [9.17, 15) is 9.59 Å². The lowest BCUT2D eigenvalue weighted by Crippen LogP contribution is -2.39. The Morgan fingerprint density at radius 1 is 1.56 bits per heavy atom. The number of nitrogens with one attached hydrogen (secondary N) is 1. The van der Waals surface area contributed by atoms with Gasteiger partial charge in [0, 0.05) is 37.6 Å². The summed E-state index contributed by atoms with van der Waals surface area (Å²) in [6.45, 7) is 2.64. The lowest BCUT2D eigenvalue weighted by atomic mass is 10.4. The number of thiazole rings is 1. The van der Waals surface area contributed by atoms with Crippen LogP contribution in [0.25, 0.3) is 0 Å². The molecule has 0 aromatic carbocycles. The van der Waals surface area contributed by atoms with Gasteiger partial charge in [-0.15, -0.1) is 11.3 Å². The zero-order chi connectivity index (χ0) is 13.5. The van der Waals surface area contributed by atoms with E-state index in [0.29, 0.717) is 13.0 Å². The van der Waals surface area contributed by atoms with E-state index in [1.807, 2.05) is 12.3 Å². The number of aryl methyl sites for hydroxylation is 1. The van der Waals surface area contributed by atoms with Gasteiger partial charge in [0.2, 0.25) is 0 Å². The highest BCUT2D eigenvalue weighted by Gasteiger charge is 2.09. The van der Waals surface area contributed by atoms with Crippen LogP contribution in [-0.4, -0.2) is 47.1 Å². The molecule has 0 fully saturated rings. The van der Waals surface area contributed by atoms with E-state index in [-0.39, 0.29) is 19.0 Å². The standard InChI is InChI=1S/C11H17N3O3S/c1-8-7-18-9(13-8)3-5-12-11(17)14(2)6-4-10(15)16/h7H,3-6H2,1-2H3,(H,12,17)(H,15,16). The van der Waals surface area contributed by atoms with Crippen molar-refractivity contribution in [3.05, 3.63) is 16.1 Å². The molecule has 0 saturated carbocycles. The number of urea groups is 1. The number of nitrogens with zero attached hydrogens (tertiary/aromatic N) is 2. The predicted molar refractivity (Wildman–Crippen MR) is 68.8 cm³/mol. The molecule has 0 unspecified atom stereocenters. The molecule has 7 heteroatoms. The highest BCUT2D eigenvalue weighted by Crippen LogP contribution is 2.08. The molecule has 0 aliphatic carbocycles. The van der Waals surface area contributed by atoms with Gasteiger partial charge in [-0.1, -0.05) is 0 Å². The summed E-state index contributed by atoms with van der Waals surface area (Å²) in [5.74, 6) is -0.909. The molecule has 0 radical (unpaired) electrons. The molecule has 0 spiro atoms. The SMILES string of the molecule is Cc1csc(CCNC(=O)N(C)CCC(=O)O)n1. The number of carbonyl (C=O) groups excluding carboxylic acids is 1. The summed E-state index contributed by atoms with van der Waals surface area (Å²) < 4.78 is 0. The van der Waals surface area contributed by atoms with Gasteiger partial charge in [-0.3, -0.25) is 4.79 Å². The summed E-state index contributed by atoms with van der Waals surface area (Å²) in [6, 6.07) is -0.260. The van der Waals surface area contributed by atoms with Crippen molar-refractivity contribution in [3.63, 3.8) is 0 Å². The molecule has 0 atom stereocenters. The fraction of sp³-hybridized carbons (Fsp3) is 0.545. The number of carbonyl (C=O) groups is 2. The molecular weight excluding hydrogens is 254 g/mol. The number of amides is 2. The third kappa shape index (κ3) is 5.13. The molecule has 0 saturated heterocycles. The second-order valence-electron chi connectivity index (χ2n) is 3.93. The Morgan fingerprint density at radius 3 is 2.83 bits per heavy atom. The van der Waals surface area contributed by atoms with Gasteiger partial charge in [0.05, 0.1) is 11.4 Å². The fourth-order valence-electron chi connectivity index (χ4n) is 1.29. The van der Waals surface area contributed by atoms with Crippen molar-refractivity contribution in [2.24, 2.45) is 0 Å². The van der Waals surface area contributed by atoms with Crippen LogP contribution in [-0.2, 0) is 11.2 Å². The smallest absolute Gasteiger partial charge is 0.317 e. The third-order valence-electron chi connectivity index (χ3n) is 2.29. The number of hydrogen-bond donors (Lipinski definition) is 2. The number of hydrogen-bond acceptors (Lipinski definition) is 4. The van der Waals surface area contributed by atoms with Gasteiger partial charge in [-0.05, 0) is 6.92 Å². The number of aliphatic carboxylic acids is 1. The Balaban J connectivity index is 2.22. The van der Waals surface area contributed by atoms with E-state index in [1.165, 1.54) is 4.90 Å². The second kappa shape index (κ2) is 6.95. The van der Waals surface area contributed by atoms with Crippen LogP contribution in [0.5, 0.6) is 0 Å². The number of aromatic nitrogens is 1. The summed E-state index contributed by atoms with van der Waals surface area (Å²) in [5, 5.41) is 14.2. The average Bonchev–Trinajstić information content (AvgIpc) is 2.71. The third-order valence-corrected chi connectivity index (χ3v) is 3.32. The number of carboxylic acids is 1. The average molecular weight is 271 g/mol. The maximum absolute atomic E-state index is 11.6. The molecular formula is C11H17N3O3S. The maximum atomic E-state index is 11.6. The van der Waals surface area contributed by atoms with E-state index in [0.717, 1.165) is 10.7 Å². The Morgan fingerprint density at radius 2 is 2.28 bits per heavy atom. The molecule has 1 rings (SSSR count). The van der Waals surface area contributed by atoms with Crippen molar-refractivity contribution < 1.29 is 14.7 Å². The minimum Gasteiger partial charge on any atom is -0.481 e. The summed E-state index contributed by atoms with van der Waals surface area (Å²) in [7, 11) is 1.58. The Hall–Kier alpha value is -1.63. The molecule has 18 heavy (non-hydrogen) atoms. The quantitative estimate of drug-likeness (QED) is 0.812. The van der Waals surface area contributed by atoms with Gasteiger partial charge in [0.1, 0.15) is 0 Å². The first-order valence-electron chi connectivity index (χ1n) is 5.61. The Labute approximate surface area is 110 Å². The van der Waals surface area contributed by atoms with Gasteiger partial charge < -0.3 is 15.3 Å². The van der Waals surface area contributed by atoms with Crippen LogP contribution in [0.3, 0.4) is 0 Å². The summed E-state index contributed by atoms with van der Waals surface area (Å²) in [5.41, 5.74) is 0.986. The zero-order valence-electron chi connectivity index (χ0n) is 10.5. The van der Waals surface area contributed by atoms with Crippen LogP contribution in [0, 0.1) is 6.92 Å². The Kier molecular flexibility index (Phi) is 5.57. The van der Waals surface area contributed by atoms with Gasteiger partial charge in [0.15, 0.2) is 0 Å². The van der Waals surface area contributed by atoms with Crippen LogP contribution < -0.4 is 5.32 Å². The van der Waals surface area contributed by atoms with Crippen molar-refractivity contribution in [3.8, 4) is 0 Å². The molecule has 1 aromatic heterocycles. The van der Waals surface area contributed by atoms with Crippen LogP contribution in [0.15, 0.2) is 5.38 Å². The first-order chi connectivity index (χ1) is 8.49. The zero-order valence-corrected chi connectivity index (χ0v) is 11.3. The molecule has 2 amide bonds. The van der Waals surface area contributed by atoms with Crippen LogP contribution in [0.1, 0.15) is 17.1 Å². The van der Waals surface area contributed by atoms with Crippen molar-refractivity contribution in [1.29, 1.82) is 0 Å². The van der Waals surface area contributed by atoms with Crippen molar-refractivity contribution in [2.75, 3.05) is 20.1 Å². The molecule has 2 N–H and O–H groups in total. The van der Waals surface area contributed by atoms with Gasteiger partial charge in [0.25, 0.3) is 0 Å². The summed E-state index contributed by atoms with van der Waals surface area (Å²) in [6.07, 6.45) is 0.645. The van der Waals surface area contributed by atoms with Crippen LogP contribution >= 0.6 is 11.3 Å². The van der Waals surface area contributed by atoms with Gasteiger partial charge >= 0.3 is 12.0 Å². The lowest BCUT2D eigenvalue weighted by Gasteiger charge is -2.16. The second-order valence-corrected chi connectivity index (χ2v) is 4.87. The normalized spacial score (nSPS) is 10.1. The monoisotopic (exact) mass is 271 g/mol. The fourth-order valence-corrected chi connectivity index (χ4v) is 2.07. The van der Waals surface area contributed by atoms with Crippen molar-refractivity contribution in [2.45, 2.75) is 19.8 Å². The molecule has 0 bridgehead atoms. The minimum absolute atomic E-state index is 0.0460. The highest BCUT2D eigenvalue weighted by atomic mass is 32.1. The molecule has 1 heterocycles. The molecule has 0 aliphatic rings. The van der Waals surface area contributed by atoms with E-state index in [1.54, 1.807) is 18.4 Å². The van der Waals surface area contributed by atoms with Gasteiger partial charge in [-0.25, -0.2) is 9.78 Å². The maximum Gasteiger partial charge on any atom is 0.317 e. The van der Waals surface area contributed by atoms with Gasteiger partial charge in [-0.2, -0.15) is 0 Å². The minimum atomic E-state index is -0.909. The first-order valence-corrected chi connectivity index (χ1v) is 6.48. The van der Waals surface area contributed by atoms with Crippen LogP contribution in [0.2, 0.25) is 0 Å². The molecule has 0 aliphatic heterocycles. The molecule has 1 aromatic rings. The Bertz CT molecular complexity index is 419. The van der Waals surface area contributed by atoms with E-state index in [4.69, 9.17) is 5.11 Å². The van der Waals surface area contributed by atoms with Crippen molar-refractivity contribution >= 4 is 23.3 Å². The van der Waals surface area contributed by atoms with E-state index >= 15 is 0 Å². The lowest BCUT2D eigenvalue weighted by molar-refractivity contribution is -0.137. The highest BCUT2D eigenvalue weighted by molar-refractivity contribution is 7.09. The molecule has 6 nitrogen and oxygen atoms in total. The molecule has 100 valence electrons. The first kappa shape index (κ1) is 14.4. The van der Waals surface area contributed by atoms with E-state index in [2.05, 4.69) is 10.3 Å².